The highest BCUT2D eigenvalue weighted by atomic mass is 19.4. The topological polar surface area (TPSA) is 68.5 Å². The molecule has 0 spiro atoms. The second-order valence-corrected chi connectivity index (χ2v) is 4.80. The Morgan fingerprint density at radius 2 is 1.95 bits per heavy atom. The molecule has 0 amide bonds. The van der Waals surface area contributed by atoms with E-state index in [1.807, 2.05) is 6.92 Å². The molecule has 2 aromatic rings. The number of alkyl halides is 3. The molecular weight excluding hydrogens is 285 g/mol. The van der Waals surface area contributed by atoms with E-state index in [0.29, 0.717) is 18.2 Å². The number of rotatable bonds is 5. The highest BCUT2D eigenvalue weighted by Crippen LogP contribution is 2.30. The normalized spacial score (nSPS) is 13.2. The summed E-state index contributed by atoms with van der Waals surface area (Å²) in [6.45, 7) is 3.95. The van der Waals surface area contributed by atoms with Gasteiger partial charge in [-0.15, -0.1) is 0 Å². The molecule has 0 aromatic carbocycles. The van der Waals surface area contributed by atoms with Gasteiger partial charge in [0.15, 0.2) is 0 Å². The minimum atomic E-state index is -4.40. The van der Waals surface area contributed by atoms with Crippen LogP contribution in [0.5, 0.6) is 0 Å². The molecule has 0 aliphatic heterocycles. The third-order valence-electron chi connectivity index (χ3n) is 2.78. The first-order valence-corrected chi connectivity index (χ1v) is 6.34. The fourth-order valence-corrected chi connectivity index (χ4v) is 1.87. The van der Waals surface area contributed by atoms with Crippen molar-refractivity contribution in [3.63, 3.8) is 0 Å². The van der Waals surface area contributed by atoms with Crippen molar-refractivity contribution in [2.75, 3.05) is 11.9 Å². The van der Waals surface area contributed by atoms with Crippen molar-refractivity contribution in [1.82, 2.24) is 24.7 Å². The Bertz CT molecular complexity index is 580. The van der Waals surface area contributed by atoms with Crippen LogP contribution in [-0.2, 0) is 12.7 Å². The second kappa shape index (κ2) is 6.06. The maximum atomic E-state index is 12.9. The minimum absolute atomic E-state index is 0.0813. The number of nitrogens with zero attached hydrogens (tertiary/aromatic N) is 5. The molecule has 21 heavy (non-hydrogen) atoms. The van der Waals surface area contributed by atoms with E-state index >= 15 is 0 Å². The van der Waals surface area contributed by atoms with Crippen LogP contribution in [0.3, 0.4) is 0 Å². The summed E-state index contributed by atoms with van der Waals surface area (Å²) in [7, 11) is 0. The Balaban J connectivity index is 1.98. The van der Waals surface area contributed by atoms with Gasteiger partial charge in [0, 0.05) is 13.1 Å². The highest BCUT2D eigenvalue weighted by molar-refractivity contribution is 5.20. The van der Waals surface area contributed by atoms with Crippen molar-refractivity contribution in [3.8, 4) is 0 Å². The van der Waals surface area contributed by atoms with Gasteiger partial charge in [-0.3, -0.25) is 4.68 Å². The number of aromatic nitrogens is 5. The summed E-state index contributed by atoms with van der Waals surface area (Å²) < 4.78 is 39.6. The van der Waals surface area contributed by atoms with Crippen LogP contribution in [0.1, 0.15) is 18.3 Å². The van der Waals surface area contributed by atoms with Crippen molar-refractivity contribution in [1.29, 1.82) is 0 Å². The zero-order valence-corrected chi connectivity index (χ0v) is 11.6. The van der Waals surface area contributed by atoms with E-state index in [1.165, 1.54) is 12.7 Å². The average Bonchev–Trinajstić information content (AvgIpc) is 2.78. The lowest BCUT2D eigenvalue weighted by atomic mass is 10.2. The Hall–Kier alpha value is -2.19. The molecule has 1 N–H and O–H groups in total. The molecule has 0 aliphatic carbocycles. The molecule has 2 heterocycles. The summed E-state index contributed by atoms with van der Waals surface area (Å²) in [5.74, 6) is 0.312. The molecule has 2 aromatic heterocycles. The summed E-state index contributed by atoms with van der Waals surface area (Å²) in [5, 5.41) is 6.84. The molecule has 6 nitrogen and oxygen atoms in total. The molecular formula is C12H15F3N6. The molecule has 0 aliphatic rings. The molecule has 0 bridgehead atoms. The lowest BCUT2D eigenvalue weighted by Crippen LogP contribution is -2.22. The first-order chi connectivity index (χ1) is 9.86. The SMILES string of the molecule is Cc1cc(C(F)(F)F)n(C[C@H](C)CNc2ncncn2)n1. The molecule has 114 valence electrons. The van der Waals surface area contributed by atoms with Gasteiger partial charge in [0.05, 0.1) is 5.69 Å². The Morgan fingerprint density at radius 1 is 1.29 bits per heavy atom. The zero-order chi connectivity index (χ0) is 15.5. The monoisotopic (exact) mass is 300 g/mol. The van der Waals surface area contributed by atoms with Gasteiger partial charge in [-0.2, -0.15) is 18.3 Å². The van der Waals surface area contributed by atoms with Crippen LogP contribution in [0.2, 0.25) is 0 Å². The number of nitrogens with one attached hydrogen (secondary N) is 1. The molecule has 0 radical (unpaired) electrons. The van der Waals surface area contributed by atoms with Gasteiger partial charge in [-0.05, 0) is 18.9 Å². The van der Waals surface area contributed by atoms with Gasteiger partial charge in [-0.25, -0.2) is 15.0 Å². The number of aryl methyl sites for hydroxylation is 1. The molecule has 1 atom stereocenters. The fraction of sp³-hybridized carbons (Fsp3) is 0.500. The number of halogens is 3. The van der Waals surface area contributed by atoms with E-state index in [9.17, 15) is 13.2 Å². The minimum Gasteiger partial charge on any atom is -0.354 e. The molecule has 0 saturated heterocycles. The third-order valence-corrected chi connectivity index (χ3v) is 2.78. The summed E-state index contributed by atoms with van der Waals surface area (Å²) in [5.41, 5.74) is -0.382. The summed E-state index contributed by atoms with van der Waals surface area (Å²) >= 11 is 0. The molecule has 0 fully saturated rings. The molecule has 0 saturated carbocycles. The van der Waals surface area contributed by atoms with Gasteiger partial charge in [0.2, 0.25) is 5.95 Å². The van der Waals surface area contributed by atoms with Crippen LogP contribution < -0.4 is 5.32 Å². The smallest absolute Gasteiger partial charge is 0.354 e. The first-order valence-electron chi connectivity index (χ1n) is 6.34. The van der Waals surface area contributed by atoms with Gasteiger partial charge < -0.3 is 5.32 Å². The van der Waals surface area contributed by atoms with E-state index in [4.69, 9.17) is 0 Å². The number of anilines is 1. The van der Waals surface area contributed by atoms with Crippen LogP contribution >= 0.6 is 0 Å². The van der Waals surface area contributed by atoms with E-state index in [2.05, 4.69) is 25.4 Å². The number of hydrogen-bond donors (Lipinski definition) is 1. The maximum absolute atomic E-state index is 12.9. The van der Waals surface area contributed by atoms with E-state index in [-0.39, 0.29) is 12.5 Å². The van der Waals surface area contributed by atoms with Crippen LogP contribution in [0.25, 0.3) is 0 Å². The number of hydrogen-bond acceptors (Lipinski definition) is 5. The fourth-order valence-electron chi connectivity index (χ4n) is 1.87. The van der Waals surface area contributed by atoms with Crippen molar-refractivity contribution < 1.29 is 13.2 Å². The van der Waals surface area contributed by atoms with Gasteiger partial charge >= 0.3 is 6.18 Å². The van der Waals surface area contributed by atoms with Crippen LogP contribution in [0.15, 0.2) is 18.7 Å². The predicted molar refractivity (Wildman–Crippen MR) is 69.4 cm³/mol. The lowest BCUT2D eigenvalue weighted by molar-refractivity contribution is -0.144. The van der Waals surface area contributed by atoms with Gasteiger partial charge in [-0.1, -0.05) is 6.92 Å². The highest BCUT2D eigenvalue weighted by Gasteiger charge is 2.35. The van der Waals surface area contributed by atoms with Crippen LogP contribution in [0.4, 0.5) is 19.1 Å². The van der Waals surface area contributed by atoms with Crippen molar-refractivity contribution in [2.24, 2.45) is 5.92 Å². The zero-order valence-electron chi connectivity index (χ0n) is 11.6. The Morgan fingerprint density at radius 3 is 2.57 bits per heavy atom. The van der Waals surface area contributed by atoms with Crippen molar-refractivity contribution >= 4 is 5.95 Å². The largest absolute Gasteiger partial charge is 0.433 e. The Kier molecular flexibility index (Phi) is 4.39. The van der Waals surface area contributed by atoms with E-state index < -0.39 is 11.9 Å². The first kappa shape index (κ1) is 15.2. The van der Waals surface area contributed by atoms with E-state index in [1.54, 1.807) is 6.92 Å². The Labute approximate surface area is 119 Å². The predicted octanol–water partition coefficient (Wildman–Crippen LogP) is 2.14. The quantitative estimate of drug-likeness (QED) is 0.916. The molecule has 9 heteroatoms. The average molecular weight is 300 g/mol. The van der Waals surface area contributed by atoms with Crippen molar-refractivity contribution in [3.05, 3.63) is 30.1 Å². The van der Waals surface area contributed by atoms with E-state index in [0.717, 1.165) is 10.7 Å². The second-order valence-electron chi connectivity index (χ2n) is 4.80. The third kappa shape index (κ3) is 4.14. The maximum Gasteiger partial charge on any atom is 0.433 e. The van der Waals surface area contributed by atoms with Gasteiger partial charge in [0.25, 0.3) is 0 Å². The van der Waals surface area contributed by atoms with Crippen LogP contribution in [-0.4, -0.2) is 31.3 Å². The summed E-state index contributed by atoms with van der Waals surface area (Å²) in [4.78, 5) is 11.4. The summed E-state index contributed by atoms with van der Waals surface area (Å²) in [6, 6.07) is 1.05. The lowest BCUT2D eigenvalue weighted by Gasteiger charge is -2.15. The van der Waals surface area contributed by atoms with Crippen molar-refractivity contribution in [2.45, 2.75) is 26.6 Å². The van der Waals surface area contributed by atoms with Crippen LogP contribution in [0, 0.1) is 12.8 Å². The molecule has 2 rings (SSSR count). The standard InChI is InChI=1S/C12H15F3N6/c1-8(4-17-11-18-6-16-7-19-11)5-21-10(12(13,14)15)3-9(2)20-21/h3,6-8H,4-5H2,1-2H3,(H,16,17,18,19)/t8-/m1/s1. The summed E-state index contributed by atoms with van der Waals surface area (Å²) in [6.07, 6.45) is -1.71. The van der Waals surface area contributed by atoms with Gasteiger partial charge in [0.1, 0.15) is 18.3 Å². The molecule has 0 unspecified atom stereocenters.